The van der Waals surface area contributed by atoms with Gasteiger partial charge in [-0.15, -0.1) is 0 Å². The van der Waals surface area contributed by atoms with E-state index in [1.54, 1.807) is 0 Å². The number of hydrogen-bond acceptors (Lipinski definition) is 5. The first-order valence-electron chi connectivity index (χ1n) is 5.09. The van der Waals surface area contributed by atoms with Crippen molar-refractivity contribution < 1.29 is 19.9 Å². The van der Waals surface area contributed by atoms with Crippen LogP contribution >= 0.6 is 0 Å². The number of nitrogens with zero attached hydrogens (tertiary/aromatic N) is 1. The van der Waals surface area contributed by atoms with Crippen LogP contribution in [0.2, 0.25) is 0 Å². The quantitative estimate of drug-likeness (QED) is 0.569. The molecule has 2 N–H and O–H groups in total. The van der Waals surface area contributed by atoms with Gasteiger partial charge in [0.15, 0.2) is 0 Å². The maximum Gasteiger partial charge on any atom is 0.269 e. The van der Waals surface area contributed by atoms with Crippen molar-refractivity contribution in [2.45, 2.75) is 18.9 Å². The molecule has 1 aromatic rings. The Labute approximate surface area is 97.7 Å². The largest absolute Gasteiger partial charge is 0.396 e. The van der Waals surface area contributed by atoms with E-state index in [0.29, 0.717) is 5.56 Å². The molecule has 0 fully saturated rings. The van der Waals surface area contributed by atoms with E-state index >= 15 is 0 Å². The van der Waals surface area contributed by atoms with Crippen molar-refractivity contribution >= 4 is 11.5 Å². The van der Waals surface area contributed by atoms with Gasteiger partial charge in [0.25, 0.3) is 5.69 Å². The van der Waals surface area contributed by atoms with Gasteiger partial charge in [-0.3, -0.25) is 14.9 Å². The zero-order valence-corrected chi connectivity index (χ0v) is 9.07. The van der Waals surface area contributed by atoms with Crippen LogP contribution in [0.15, 0.2) is 24.3 Å². The third-order valence-corrected chi connectivity index (χ3v) is 2.30. The van der Waals surface area contributed by atoms with Gasteiger partial charge in [0.1, 0.15) is 5.78 Å². The second kappa shape index (κ2) is 6.07. The monoisotopic (exact) mass is 239 g/mol. The normalized spacial score (nSPS) is 12.1. The summed E-state index contributed by atoms with van der Waals surface area (Å²) in [6, 6.07) is 5.37. The van der Waals surface area contributed by atoms with Crippen molar-refractivity contribution in [3.05, 3.63) is 39.9 Å². The lowest BCUT2D eigenvalue weighted by Gasteiger charge is -2.09. The highest BCUT2D eigenvalue weighted by molar-refractivity contribution is 5.79. The Morgan fingerprint density at radius 3 is 2.41 bits per heavy atom. The van der Waals surface area contributed by atoms with Crippen molar-refractivity contribution in [1.82, 2.24) is 0 Å². The molecule has 0 aromatic heterocycles. The number of rotatable bonds is 6. The zero-order valence-electron chi connectivity index (χ0n) is 9.07. The average molecular weight is 239 g/mol. The molecule has 0 radical (unpaired) electrons. The molecule has 0 spiro atoms. The highest BCUT2D eigenvalue weighted by Gasteiger charge is 2.14. The second-order valence-corrected chi connectivity index (χ2v) is 3.58. The number of carbonyl (C=O) groups is 1. The second-order valence-electron chi connectivity index (χ2n) is 3.58. The van der Waals surface area contributed by atoms with Crippen LogP contribution in [-0.4, -0.2) is 27.5 Å². The highest BCUT2D eigenvalue weighted by atomic mass is 16.6. The van der Waals surface area contributed by atoms with E-state index in [2.05, 4.69) is 0 Å². The molecule has 0 unspecified atom stereocenters. The van der Waals surface area contributed by atoms with E-state index in [4.69, 9.17) is 5.11 Å². The fraction of sp³-hybridized carbons (Fsp3) is 0.364. The molecule has 1 aromatic carbocycles. The number of non-ortho nitro benzene ring substituents is 1. The van der Waals surface area contributed by atoms with Crippen molar-refractivity contribution in [2.24, 2.45) is 0 Å². The molecular formula is C11H13NO5. The molecule has 6 heteroatoms. The summed E-state index contributed by atoms with van der Waals surface area (Å²) in [5, 5.41) is 28.6. The minimum atomic E-state index is -0.991. The van der Waals surface area contributed by atoms with Gasteiger partial charge in [-0.1, -0.05) is 0 Å². The van der Waals surface area contributed by atoms with Crippen LogP contribution in [0.5, 0.6) is 0 Å². The molecule has 1 rings (SSSR count). The molecule has 0 aliphatic carbocycles. The van der Waals surface area contributed by atoms with Crippen molar-refractivity contribution in [2.75, 3.05) is 6.61 Å². The van der Waals surface area contributed by atoms with Gasteiger partial charge in [-0.05, 0) is 17.7 Å². The number of nitro benzene ring substituents is 1. The molecular weight excluding hydrogens is 226 g/mol. The van der Waals surface area contributed by atoms with E-state index < -0.39 is 11.0 Å². The minimum absolute atomic E-state index is 0.00401. The van der Waals surface area contributed by atoms with Crippen LogP contribution < -0.4 is 0 Å². The Morgan fingerprint density at radius 1 is 1.35 bits per heavy atom. The van der Waals surface area contributed by atoms with Crippen LogP contribution in [0.25, 0.3) is 0 Å². The smallest absolute Gasteiger partial charge is 0.269 e. The topological polar surface area (TPSA) is 101 Å². The lowest BCUT2D eigenvalue weighted by Crippen LogP contribution is -2.08. The third-order valence-electron chi connectivity index (χ3n) is 2.30. The highest BCUT2D eigenvalue weighted by Crippen LogP contribution is 2.20. The van der Waals surface area contributed by atoms with Crippen molar-refractivity contribution in [1.29, 1.82) is 0 Å². The molecule has 0 bridgehead atoms. The van der Waals surface area contributed by atoms with Crippen LogP contribution in [0.1, 0.15) is 24.5 Å². The van der Waals surface area contributed by atoms with Crippen LogP contribution in [-0.2, 0) is 4.79 Å². The number of aliphatic hydroxyl groups is 2. The molecule has 0 aliphatic heterocycles. The predicted octanol–water partition coefficient (Wildman–Crippen LogP) is 0.970. The molecule has 1 atom stereocenters. The Morgan fingerprint density at radius 2 is 1.94 bits per heavy atom. The number of ketones is 1. The molecule has 6 nitrogen and oxygen atoms in total. The molecule has 17 heavy (non-hydrogen) atoms. The molecule has 0 saturated heterocycles. The predicted molar refractivity (Wildman–Crippen MR) is 59.4 cm³/mol. The summed E-state index contributed by atoms with van der Waals surface area (Å²) in [6.45, 7) is -0.244. The zero-order chi connectivity index (χ0) is 12.8. The maximum absolute atomic E-state index is 11.2. The van der Waals surface area contributed by atoms with Gasteiger partial charge < -0.3 is 10.2 Å². The summed E-state index contributed by atoms with van der Waals surface area (Å²) in [4.78, 5) is 21.0. The summed E-state index contributed by atoms with van der Waals surface area (Å²) < 4.78 is 0. The number of hydrogen-bond donors (Lipinski definition) is 2. The number of nitro groups is 1. The van der Waals surface area contributed by atoms with E-state index in [9.17, 15) is 20.0 Å². The van der Waals surface area contributed by atoms with Crippen molar-refractivity contribution in [3.8, 4) is 0 Å². The number of carbonyl (C=O) groups excluding carboxylic acids is 1. The first kappa shape index (κ1) is 13.3. The van der Waals surface area contributed by atoms with E-state index in [-0.39, 0.29) is 30.9 Å². The third kappa shape index (κ3) is 3.93. The molecule has 0 aliphatic rings. The Kier molecular flexibility index (Phi) is 4.74. The summed E-state index contributed by atoms with van der Waals surface area (Å²) in [5.41, 5.74) is 0.379. The van der Waals surface area contributed by atoms with Gasteiger partial charge >= 0.3 is 0 Å². The average Bonchev–Trinajstić information content (AvgIpc) is 2.29. The number of benzene rings is 1. The van der Waals surface area contributed by atoms with Crippen LogP contribution in [0.3, 0.4) is 0 Å². The van der Waals surface area contributed by atoms with Gasteiger partial charge in [-0.25, -0.2) is 0 Å². The summed E-state index contributed by atoms with van der Waals surface area (Å²) >= 11 is 0. The Hall–Kier alpha value is -1.79. The lowest BCUT2D eigenvalue weighted by atomic mass is 10.0. The first-order valence-corrected chi connectivity index (χ1v) is 5.09. The Bertz CT molecular complexity index is 401. The van der Waals surface area contributed by atoms with Gasteiger partial charge in [-0.2, -0.15) is 0 Å². The standard InChI is InChI=1S/C11H13NO5/c13-6-5-10(14)7-11(15)8-1-3-9(4-2-8)12(16)17/h1-4,11,13,15H,5-7H2/t11-/m1/s1. The van der Waals surface area contributed by atoms with E-state index in [0.717, 1.165) is 0 Å². The van der Waals surface area contributed by atoms with Crippen molar-refractivity contribution in [3.63, 3.8) is 0 Å². The van der Waals surface area contributed by atoms with Gasteiger partial charge in [0, 0.05) is 31.6 Å². The summed E-state index contributed by atoms with van der Waals surface area (Å²) in [7, 11) is 0. The minimum Gasteiger partial charge on any atom is -0.396 e. The van der Waals surface area contributed by atoms with E-state index in [1.165, 1.54) is 24.3 Å². The molecule has 92 valence electrons. The molecule has 0 heterocycles. The first-order chi connectivity index (χ1) is 8.04. The summed E-state index contributed by atoms with van der Waals surface area (Å²) in [6.07, 6.45) is -1.09. The number of Topliss-reactive ketones (excluding diaryl/α,β-unsaturated/α-hetero) is 1. The fourth-order valence-corrected chi connectivity index (χ4v) is 1.38. The van der Waals surface area contributed by atoms with Crippen LogP contribution in [0.4, 0.5) is 5.69 Å². The number of aliphatic hydroxyl groups excluding tert-OH is 2. The Balaban J connectivity index is 2.66. The van der Waals surface area contributed by atoms with Crippen LogP contribution in [0, 0.1) is 10.1 Å². The van der Waals surface area contributed by atoms with Gasteiger partial charge in [0.05, 0.1) is 11.0 Å². The molecule has 0 amide bonds. The van der Waals surface area contributed by atoms with E-state index in [1.807, 2.05) is 0 Å². The lowest BCUT2D eigenvalue weighted by molar-refractivity contribution is -0.384. The summed E-state index contributed by atoms with van der Waals surface area (Å²) in [5.74, 6) is -0.252. The van der Waals surface area contributed by atoms with Gasteiger partial charge in [0.2, 0.25) is 0 Å². The SMILES string of the molecule is O=C(CCO)C[C@@H](O)c1ccc([N+](=O)[O-])cc1. The maximum atomic E-state index is 11.2. The fourth-order valence-electron chi connectivity index (χ4n) is 1.38. The molecule has 0 saturated carbocycles.